The van der Waals surface area contributed by atoms with Crippen molar-refractivity contribution in [3.05, 3.63) is 66.1 Å². The molecule has 0 atom stereocenters. The molecule has 1 radical (unpaired) electrons. The third kappa shape index (κ3) is 4.82. The fourth-order valence-corrected chi connectivity index (χ4v) is 2.02. The maximum atomic E-state index is 5.83. The van der Waals surface area contributed by atoms with E-state index in [0.717, 1.165) is 48.7 Å². The summed E-state index contributed by atoms with van der Waals surface area (Å²) in [6.45, 7) is 5.68. The minimum absolute atomic E-state index is 0.727. The summed E-state index contributed by atoms with van der Waals surface area (Å²) < 4.78 is 11.5. The van der Waals surface area contributed by atoms with Crippen LogP contribution in [0.1, 0.15) is 37.8 Å². The highest BCUT2D eigenvalue weighted by Gasteiger charge is 2.07. The molecule has 0 spiro atoms. The van der Waals surface area contributed by atoms with Gasteiger partial charge >= 0.3 is 0 Å². The molecule has 0 aliphatic rings. The number of rotatable bonds is 8. The average Bonchev–Trinajstić information content (AvgIpc) is 2.53. The van der Waals surface area contributed by atoms with E-state index < -0.39 is 0 Å². The van der Waals surface area contributed by atoms with Crippen molar-refractivity contribution in [1.82, 2.24) is 0 Å². The number of hydrogen-bond acceptors (Lipinski definition) is 2. The van der Waals surface area contributed by atoms with Crippen LogP contribution in [0, 0.1) is 6.42 Å². The highest BCUT2D eigenvalue weighted by molar-refractivity contribution is 5.49. The molecule has 21 heavy (non-hydrogen) atoms. The Bertz CT molecular complexity index is 535. The smallest absolute Gasteiger partial charge is 0.123 e. The third-order valence-electron chi connectivity index (χ3n) is 3.04. The van der Waals surface area contributed by atoms with E-state index in [4.69, 9.17) is 9.47 Å². The lowest BCUT2D eigenvalue weighted by molar-refractivity contribution is 0.307. The molecule has 2 nitrogen and oxygen atoms in total. The van der Waals surface area contributed by atoms with Crippen molar-refractivity contribution < 1.29 is 9.47 Å². The average molecular weight is 283 g/mol. The summed E-state index contributed by atoms with van der Waals surface area (Å²) in [6, 6.07) is 16.3. The lowest BCUT2D eigenvalue weighted by Gasteiger charge is -2.13. The second-order valence-corrected chi connectivity index (χ2v) is 4.95. The van der Waals surface area contributed by atoms with Crippen molar-refractivity contribution in [2.24, 2.45) is 0 Å². The van der Waals surface area contributed by atoms with Gasteiger partial charge in [0.2, 0.25) is 0 Å². The zero-order chi connectivity index (χ0) is 14.9. The normalized spacial score (nSPS) is 10.4. The lowest BCUT2D eigenvalue weighted by atomic mass is 10.0. The van der Waals surface area contributed by atoms with E-state index in [2.05, 4.69) is 32.4 Å². The monoisotopic (exact) mass is 283 g/mol. The molecule has 2 aromatic carbocycles. The van der Waals surface area contributed by atoms with Gasteiger partial charge in [-0.3, -0.25) is 0 Å². The molecule has 0 aliphatic heterocycles. The molecule has 0 saturated heterocycles. The van der Waals surface area contributed by atoms with Crippen molar-refractivity contribution in [2.75, 3.05) is 13.2 Å². The fraction of sp³-hybridized carbons (Fsp3) is 0.316. The van der Waals surface area contributed by atoms with E-state index in [-0.39, 0.29) is 0 Å². The Hall–Kier alpha value is -1.96. The van der Waals surface area contributed by atoms with Crippen LogP contribution in [0.4, 0.5) is 0 Å². The molecule has 2 heteroatoms. The molecule has 0 N–H and O–H groups in total. The Balaban J connectivity index is 2.20. The first-order valence-electron chi connectivity index (χ1n) is 7.63. The van der Waals surface area contributed by atoms with Gasteiger partial charge in [-0.25, -0.2) is 0 Å². The molecule has 0 amide bonds. The molecular weight excluding hydrogens is 260 g/mol. The lowest BCUT2D eigenvalue weighted by Crippen LogP contribution is -2.01. The SMILES string of the molecule is CCCOc1ccc(OCCC)c([CH]c2ccccc2)c1. The highest BCUT2D eigenvalue weighted by Crippen LogP contribution is 2.28. The fourth-order valence-electron chi connectivity index (χ4n) is 2.02. The van der Waals surface area contributed by atoms with Crippen molar-refractivity contribution >= 4 is 0 Å². The van der Waals surface area contributed by atoms with Gasteiger partial charge in [-0.1, -0.05) is 44.2 Å². The van der Waals surface area contributed by atoms with Crippen LogP contribution >= 0.6 is 0 Å². The summed E-state index contributed by atoms with van der Waals surface area (Å²) in [6.07, 6.45) is 4.13. The van der Waals surface area contributed by atoms with Crippen LogP contribution in [0.3, 0.4) is 0 Å². The second-order valence-electron chi connectivity index (χ2n) is 4.95. The van der Waals surface area contributed by atoms with Gasteiger partial charge in [0.05, 0.1) is 13.2 Å². The van der Waals surface area contributed by atoms with Gasteiger partial charge in [0.1, 0.15) is 11.5 Å². The van der Waals surface area contributed by atoms with Gasteiger partial charge < -0.3 is 9.47 Å². The molecule has 0 heterocycles. The molecule has 0 bridgehead atoms. The van der Waals surface area contributed by atoms with E-state index in [0.29, 0.717) is 0 Å². The van der Waals surface area contributed by atoms with E-state index >= 15 is 0 Å². The highest BCUT2D eigenvalue weighted by atomic mass is 16.5. The first-order chi connectivity index (χ1) is 10.3. The Morgan fingerprint density at radius 2 is 1.57 bits per heavy atom. The van der Waals surface area contributed by atoms with Crippen molar-refractivity contribution in [3.63, 3.8) is 0 Å². The second kappa shape index (κ2) is 8.35. The maximum Gasteiger partial charge on any atom is 0.123 e. The summed E-state index contributed by atoms with van der Waals surface area (Å²) in [7, 11) is 0. The molecule has 0 unspecified atom stereocenters. The largest absolute Gasteiger partial charge is 0.494 e. The topological polar surface area (TPSA) is 18.5 Å². The summed E-state index contributed by atoms with van der Waals surface area (Å²) in [4.78, 5) is 0. The number of hydrogen-bond donors (Lipinski definition) is 0. The van der Waals surface area contributed by atoms with Gasteiger partial charge in [0, 0.05) is 12.0 Å². The Kier molecular flexibility index (Phi) is 6.14. The Morgan fingerprint density at radius 1 is 0.857 bits per heavy atom. The van der Waals surface area contributed by atoms with Gasteiger partial charge in [-0.05, 0) is 36.6 Å². The van der Waals surface area contributed by atoms with E-state index in [1.165, 1.54) is 0 Å². The van der Waals surface area contributed by atoms with Gasteiger partial charge in [-0.2, -0.15) is 0 Å². The summed E-state index contributed by atoms with van der Waals surface area (Å²) in [5.74, 6) is 1.80. The predicted octanol–water partition coefficient (Wildman–Crippen LogP) is 4.86. The van der Waals surface area contributed by atoms with Crippen LogP contribution in [0.25, 0.3) is 0 Å². The quantitative estimate of drug-likeness (QED) is 0.688. The van der Waals surface area contributed by atoms with Crippen LogP contribution < -0.4 is 9.47 Å². The van der Waals surface area contributed by atoms with Crippen LogP contribution in [0.5, 0.6) is 11.5 Å². The maximum absolute atomic E-state index is 5.83. The molecule has 0 aliphatic carbocycles. The van der Waals surface area contributed by atoms with Crippen molar-refractivity contribution in [1.29, 1.82) is 0 Å². The minimum atomic E-state index is 0.727. The van der Waals surface area contributed by atoms with Gasteiger partial charge in [0.25, 0.3) is 0 Å². The summed E-state index contributed by atoms with van der Waals surface area (Å²) >= 11 is 0. The molecule has 0 aromatic heterocycles. The predicted molar refractivity (Wildman–Crippen MR) is 87.0 cm³/mol. The molecular formula is C19H23O2. The van der Waals surface area contributed by atoms with Crippen LogP contribution in [-0.2, 0) is 0 Å². The minimum Gasteiger partial charge on any atom is -0.494 e. The molecule has 2 aromatic rings. The van der Waals surface area contributed by atoms with E-state index in [1.807, 2.05) is 36.4 Å². The third-order valence-corrected chi connectivity index (χ3v) is 3.04. The number of ether oxygens (including phenoxy) is 2. The van der Waals surface area contributed by atoms with Crippen LogP contribution in [0.15, 0.2) is 48.5 Å². The van der Waals surface area contributed by atoms with Crippen LogP contribution in [0.2, 0.25) is 0 Å². The Labute approximate surface area is 127 Å². The first-order valence-corrected chi connectivity index (χ1v) is 7.63. The van der Waals surface area contributed by atoms with Crippen molar-refractivity contribution in [2.45, 2.75) is 26.7 Å². The van der Waals surface area contributed by atoms with E-state index in [9.17, 15) is 0 Å². The summed E-state index contributed by atoms with van der Waals surface area (Å²) in [5, 5.41) is 0. The number of benzene rings is 2. The summed E-state index contributed by atoms with van der Waals surface area (Å²) in [5.41, 5.74) is 2.22. The van der Waals surface area contributed by atoms with Gasteiger partial charge in [0.15, 0.2) is 0 Å². The first kappa shape index (κ1) is 15.4. The van der Waals surface area contributed by atoms with Gasteiger partial charge in [-0.15, -0.1) is 0 Å². The molecule has 111 valence electrons. The van der Waals surface area contributed by atoms with Crippen molar-refractivity contribution in [3.8, 4) is 11.5 Å². The standard InChI is InChI=1S/C19H23O2/c1-3-12-20-18-10-11-19(21-13-4-2)17(15-18)14-16-8-6-5-7-9-16/h5-11,14-15H,3-4,12-13H2,1-2H3. The molecule has 0 saturated carbocycles. The Morgan fingerprint density at radius 3 is 2.29 bits per heavy atom. The zero-order valence-electron chi connectivity index (χ0n) is 12.8. The van der Waals surface area contributed by atoms with Crippen LogP contribution in [-0.4, -0.2) is 13.2 Å². The molecule has 2 rings (SSSR count). The zero-order valence-corrected chi connectivity index (χ0v) is 12.8. The molecule has 0 fully saturated rings. The van der Waals surface area contributed by atoms with E-state index in [1.54, 1.807) is 0 Å².